The number of alkyl halides is 3. The minimum atomic E-state index is -4.84. The van der Waals surface area contributed by atoms with Gasteiger partial charge >= 0.3 is 6.36 Å². The molecule has 0 bridgehead atoms. The highest BCUT2D eigenvalue weighted by atomic mass is 19.4. The lowest BCUT2D eigenvalue weighted by Crippen LogP contribution is -2.17. The maximum absolute atomic E-state index is 12.2. The molecular weight excluding hydrogens is 273 g/mol. The molecule has 0 fully saturated rings. The number of carbonyl (C=O) groups excluding carboxylic acids is 1. The topological polar surface area (TPSA) is 65.2 Å². The number of pyridine rings is 1. The van der Waals surface area contributed by atoms with Crippen LogP contribution in [0.15, 0.2) is 42.7 Å². The number of ether oxygens (including phenoxy) is 1. The second kappa shape index (κ2) is 5.20. The van der Waals surface area contributed by atoms with Crippen LogP contribution in [-0.2, 0) is 0 Å². The van der Waals surface area contributed by atoms with Crippen molar-refractivity contribution in [1.82, 2.24) is 4.98 Å². The number of halogens is 3. The van der Waals surface area contributed by atoms with Crippen molar-refractivity contribution < 1.29 is 22.7 Å². The summed E-state index contributed by atoms with van der Waals surface area (Å²) in [5.41, 5.74) is 5.79. The van der Waals surface area contributed by atoms with Crippen LogP contribution in [0.1, 0.15) is 15.9 Å². The van der Waals surface area contributed by atoms with Crippen molar-refractivity contribution in [1.29, 1.82) is 0 Å². The summed E-state index contributed by atoms with van der Waals surface area (Å²) < 4.78 is 40.3. The van der Waals surface area contributed by atoms with Crippen LogP contribution in [0, 0.1) is 0 Å². The van der Waals surface area contributed by atoms with Crippen LogP contribution in [0.3, 0.4) is 0 Å². The summed E-state index contributed by atoms with van der Waals surface area (Å²) in [7, 11) is 0. The Bertz CT molecular complexity index is 627. The molecule has 2 rings (SSSR count). The fourth-order valence-electron chi connectivity index (χ4n) is 1.62. The van der Waals surface area contributed by atoms with Crippen molar-refractivity contribution in [2.24, 2.45) is 0 Å². The highest BCUT2D eigenvalue weighted by Crippen LogP contribution is 2.26. The van der Waals surface area contributed by atoms with Gasteiger partial charge in [0, 0.05) is 35.3 Å². The van der Waals surface area contributed by atoms with Crippen molar-refractivity contribution in [3.05, 3.63) is 53.9 Å². The fourth-order valence-corrected chi connectivity index (χ4v) is 1.62. The number of ketones is 1. The summed E-state index contributed by atoms with van der Waals surface area (Å²) in [5, 5.41) is 0. The Kier molecular flexibility index (Phi) is 3.60. The Hall–Kier alpha value is -2.57. The van der Waals surface area contributed by atoms with E-state index in [4.69, 9.17) is 5.73 Å². The maximum Gasteiger partial charge on any atom is 0.573 e. The molecule has 1 aromatic carbocycles. The number of aromatic nitrogens is 1. The molecule has 0 saturated carbocycles. The van der Waals surface area contributed by atoms with E-state index in [0.717, 1.165) is 12.1 Å². The van der Waals surface area contributed by atoms with E-state index in [1.165, 1.54) is 30.6 Å². The van der Waals surface area contributed by atoms with E-state index in [1.54, 1.807) is 0 Å². The third-order valence-electron chi connectivity index (χ3n) is 2.37. The maximum atomic E-state index is 12.2. The molecule has 7 heteroatoms. The molecule has 20 heavy (non-hydrogen) atoms. The first-order valence-corrected chi connectivity index (χ1v) is 5.46. The third-order valence-corrected chi connectivity index (χ3v) is 2.37. The molecule has 0 spiro atoms. The summed E-state index contributed by atoms with van der Waals surface area (Å²) >= 11 is 0. The van der Waals surface area contributed by atoms with Crippen LogP contribution in [0.25, 0.3) is 0 Å². The van der Waals surface area contributed by atoms with E-state index in [1.807, 2.05) is 0 Å². The van der Waals surface area contributed by atoms with Crippen LogP contribution in [0.4, 0.5) is 18.9 Å². The zero-order chi connectivity index (χ0) is 14.8. The summed E-state index contributed by atoms with van der Waals surface area (Å²) in [6.45, 7) is 0. The monoisotopic (exact) mass is 282 g/mol. The van der Waals surface area contributed by atoms with Crippen molar-refractivity contribution in [3.8, 4) is 5.75 Å². The van der Waals surface area contributed by atoms with Gasteiger partial charge in [-0.25, -0.2) is 0 Å². The highest BCUT2D eigenvalue weighted by molar-refractivity contribution is 6.09. The van der Waals surface area contributed by atoms with E-state index in [-0.39, 0.29) is 11.3 Å². The summed E-state index contributed by atoms with van der Waals surface area (Å²) in [6, 6.07) is 6.18. The zero-order valence-corrected chi connectivity index (χ0v) is 10.0. The van der Waals surface area contributed by atoms with E-state index >= 15 is 0 Å². The second-order valence-corrected chi connectivity index (χ2v) is 3.90. The average Bonchev–Trinajstić information content (AvgIpc) is 2.36. The SMILES string of the molecule is Nc1cc(OC(F)(F)F)cc(C(=O)c2ccncc2)c1. The van der Waals surface area contributed by atoms with Gasteiger partial charge in [0.05, 0.1) is 0 Å². The van der Waals surface area contributed by atoms with Gasteiger partial charge in [0.15, 0.2) is 5.78 Å². The van der Waals surface area contributed by atoms with Crippen molar-refractivity contribution >= 4 is 11.5 Å². The third kappa shape index (κ3) is 3.47. The summed E-state index contributed by atoms with van der Waals surface area (Å²) in [4.78, 5) is 15.9. The molecule has 0 saturated heterocycles. The van der Waals surface area contributed by atoms with Crippen LogP contribution < -0.4 is 10.5 Å². The van der Waals surface area contributed by atoms with Gasteiger partial charge in [-0.15, -0.1) is 13.2 Å². The van der Waals surface area contributed by atoms with Crippen LogP contribution in [0.2, 0.25) is 0 Å². The minimum Gasteiger partial charge on any atom is -0.406 e. The largest absolute Gasteiger partial charge is 0.573 e. The summed E-state index contributed by atoms with van der Waals surface area (Å²) in [5.74, 6) is -0.998. The van der Waals surface area contributed by atoms with Gasteiger partial charge in [0.2, 0.25) is 0 Å². The zero-order valence-electron chi connectivity index (χ0n) is 10.0. The van der Waals surface area contributed by atoms with Crippen molar-refractivity contribution in [2.45, 2.75) is 6.36 Å². The van der Waals surface area contributed by atoms with E-state index in [0.29, 0.717) is 5.56 Å². The summed E-state index contributed by atoms with van der Waals surface area (Å²) in [6.07, 6.45) is -2.02. The number of nitrogen functional groups attached to an aromatic ring is 1. The Morgan fingerprint density at radius 3 is 2.35 bits per heavy atom. The lowest BCUT2D eigenvalue weighted by atomic mass is 10.0. The number of rotatable bonds is 3. The van der Waals surface area contributed by atoms with E-state index < -0.39 is 17.9 Å². The number of anilines is 1. The molecule has 0 unspecified atom stereocenters. The average molecular weight is 282 g/mol. The minimum absolute atomic E-state index is 0.00385. The molecule has 0 aliphatic rings. The lowest BCUT2D eigenvalue weighted by molar-refractivity contribution is -0.274. The Morgan fingerprint density at radius 1 is 1.10 bits per heavy atom. The molecule has 4 nitrogen and oxygen atoms in total. The molecule has 2 N–H and O–H groups in total. The first kappa shape index (κ1) is 13.9. The molecule has 0 amide bonds. The van der Waals surface area contributed by atoms with Crippen LogP contribution in [-0.4, -0.2) is 17.1 Å². The number of hydrogen-bond donors (Lipinski definition) is 1. The fraction of sp³-hybridized carbons (Fsp3) is 0.0769. The molecule has 0 radical (unpaired) electrons. The van der Waals surface area contributed by atoms with Gasteiger partial charge in [0.1, 0.15) is 5.75 Å². The molecule has 2 aromatic rings. The number of nitrogens with two attached hydrogens (primary N) is 1. The Balaban J connectivity index is 2.35. The molecule has 1 heterocycles. The first-order chi connectivity index (χ1) is 9.35. The van der Waals surface area contributed by atoms with Gasteiger partial charge in [0.25, 0.3) is 0 Å². The lowest BCUT2D eigenvalue weighted by Gasteiger charge is -2.11. The molecule has 0 aliphatic heterocycles. The molecular formula is C13H9F3N2O2. The van der Waals surface area contributed by atoms with E-state index in [2.05, 4.69) is 9.72 Å². The second-order valence-electron chi connectivity index (χ2n) is 3.90. The van der Waals surface area contributed by atoms with E-state index in [9.17, 15) is 18.0 Å². The van der Waals surface area contributed by atoms with Gasteiger partial charge in [-0.2, -0.15) is 0 Å². The molecule has 0 atom stereocenters. The van der Waals surface area contributed by atoms with Crippen molar-refractivity contribution in [3.63, 3.8) is 0 Å². The number of benzene rings is 1. The number of nitrogens with zero attached hydrogens (tertiary/aromatic N) is 1. The predicted octanol–water partition coefficient (Wildman–Crippen LogP) is 2.79. The quantitative estimate of drug-likeness (QED) is 0.694. The standard InChI is InChI=1S/C13H9F3N2O2/c14-13(15,16)20-11-6-9(5-10(17)7-11)12(19)8-1-3-18-4-2-8/h1-7H,17H2. The normalized spacial score (nSPS) is 11.2. The smallest absolute Gasteiger partial charge is 0.406 e. The highest BCUT2D eigenvalue weighted by Gasteiger charge is 2.31. The molecule has 104 valence electrons. The Morgan fingerprint density at radius 2 is 1.75 bits per heavy atom. The predicted molar refractivity (Wildman–Crippen MR) is 65.2 cm³/mol. The first-order valence-electron chi connectivity index (χ1n) is 5.46. The Labute approximate surface area is 112 Å². The van der Waals surface area contributed by atoms with Gasteiger partial charge in [-0.1, -0.05) is 0 Å². The van der Waals surface area contributed by atoms with Crippen LogP contribution in [0.5, 0.6) is 5.75 Å². The molecule has 1 aromatic heterocycles. The molecule has 0 aliphatic carbocycles. The van der Waals surface area contributed by atoms with Gasteiger partial charge in [-0.3, -0.25) is 9.78 Å². The van der Waals surface area contributed by atoms with Crippen LogP contribution >= 0.6 is 0 Å². The number of hydrogen-bond acceptors (Lipinski definition) is 4. The van der Waals surface area contributed by atoms with Gasteiger partial charge < -0.3 is 10.5 Å². The van der Waals surface area contributed by atoms with Gasteiger partial charge in [-0.05, 0) is 24.3 Å². The number of carbonyl (C=O) groups is 1. The van der Waals surface area contributed by atoms with Crippen molar-refractivity contribution in [2.75, 3.05) is 5.73 Å².